The first-order valence-corrected chi connectivity index (χ1v) is 7.00. The fourth-order valence-corrected chi connectivity index (χ4v) is 1.84. The van der Waals surface area contributed by atoms with Crippen molar-refractivity contribution >= 4 is 22.7 Å². The van der Waals surface area contributed by atoms with Crippen LogP contribution in [0.25, 0.3) is 10.8 Å². The van der Waals surface area contributed by atoms with Gasteiger partial charge >= 0.3 is 24.3 Å². The molecule has 0 aliphatic carbocycles. The molecule has 132 valence electrons. The molecular formula is C17H12F4O4. The number of hydrogen-bond donors (Lipinski definition) is 0. The van der Waals surface area contributed by atoms with Gasteiger partial charge in [-0.2, -0.15) is 8.78 Å². The molecule has 0 atom stereocenters. The van der Waals surface area contributed by atoms with Crippen molar-refractivity contribution in [2.75, 3.05) is 6.61 Å². The predicted molar refractivity (Wildman–Crippen MR) is 80.6 cm³/mol. The Bertz CT molecular complexity index is 797. The van der Waals surface area contributed by atoms with E-state index in [4.69, 9.17) is 4.74 Å². The molecule has 8 heteroatoms. The van der Waals surface area contributed by atoms with Gasteiger partial charge in [0.15, 0.2) is 6.61 Å². The first-order chi connectivity index (χ1) is 11.8. The third-order valence-electron chi connectivity index (χ3n) is 3.04. The zero-order chi connectivity index (χ0) is 18.4. The monoisotopic (exact) mass is 356 g/mol. The SMILES string of the molecule is O=C(/C=C/C(=O)Oc1cccc2ccccc12)OCC(F)(F)C(F)F. The van der Waals surface area contributed by atoms with Gasteiger partial charge in [-0.1, -0.05) is 36.4 Å². The molecule has 0 bridgehead atoms. The summed E-state index contributed by atoms with van der Waals surface area (Å²) in [7, 11) is 0. The molecule has 0 radical (unpaired) electrons. The minimum absolute atomic E-state index is 0.241. The molecule has 0 aliphatic heterocycles. The van der Waals surface area contributed by atoms with Gasteiger partial charge < -0.3 is 9.47 Å². The molecule has 0 amide bonds. The molecule has 2 aromatic rings. The third kappa shape index (κ3) is 5.03. The normalized spacial score (nSPS) is 11.9. The highest BCUT2D eigenvalue weighted by Crippen LogP contribution is 2.25. The molecule has 0 fully saturated rings. The molecule has 0 spiro atoms. The lowest BCUT2D eigenvalue weighted by Crippen LogP contribution is -2.33. The summed E-state index contributed by atoms with van der Waals surface area (Å²) in [6.45, 7) is -1.79. The van der Waals surface area contributed by atoms with E-state index in [1.807, 2.05) is 12.1 Å². The molecule has 2 rings (SSSR count). The van der Waals surface area contributed by atoms with Crippen molar-refractivity contribution in [3.63, 3.8) is 0 Å². The minimum Gasteiger partial charge on any atom is -0.456 e. The predicted octanol–water partition coefficient (Wildman–Crippen LogP) is 3.75. The number of carbonyl (C=O) groups excluding carboxylic acids is 2. The molecule has 0 aromatic heterocycles. The van der Waals surface area contributed by atoms with Crippen LogP contribution in [0.1, 0.15) is 0 Å². The summed E-state index contributed by atoms with van der Waals surface area (Å²) < 4.78 is 58.1. The number of benzene rings is 2. The Morgan fingerprint density at radius 3 is 2.36 bits per heavy atom. The van der Waals surface area contributed by atoms with Crippen LogP contribution >= 0.6 is 0 Å². The molecular weight excluding hydrogens is 344 g/mol. The van der Waals surface area contributed by atoms with Crippen LogP contribution in [0.4, 0.5) is 17.6 Å². The third-order valence-corrected chi connectivity index (χ3v) is 3.04. The van der Waals surface area contributed by atoms with Crippen molar-refractivity contribution in [3.8, 4) is 5.75 Å². The van der Waals surface area contributed by atoms with E-state index in [1.165, 1.54) is 6.07 Å². The van der Waals surface area contributed by atoms with Crippen LogP contribution < -0.4 is 4.74 Å². The van der Waals surface area contributed by atoms with Crippen LogP contribution in [-0.2, 0) is 14.3 Å². The largest absolute Gasteiger partial charge is 0.456 e. The van der Waals surface area contributed by atoms with E-state index in [9.17, 15) is 27.2 Å². The lowest BCUT2D eigenvalue weighted by molar-refractivity contribution is -0.176. The summed E-state index contributed by atoms with van der Waals surface area (Å²) in [5, 5.41) is 1.48. The van der Waals surface area contributed by atoms with Gasteiger partial charge in [-0.05, 0) is 11.5 Å². The maximum absolute atomic E-state index is 12.6. The molecule has 0 saturated heterocycles. The summed E-state index contributed by atoms with van der Waals surface area (Å²) in [5.74, 6) is -6.53. The Labute approximate surface area is 139 Å². The van der Waals surface area contributed by atoms with Gasteiger partial charge in [-0.25, -0.2) is 18.4 Å². The summed E-state index contributed by atoms with van der Waals surface area (Å²) in [4.78, 5) is 22.9. The van der Waals surface area contributed by atoms with Crippen molar-refractivity contribution in [2.24, 2.45) is 0 Å². The Balaban J connectivity index is 1.95. The minimum atomic E-state index is -4.45. The molecule has 0 saturated carbocycles. The molecule has 2 aromatic carbocycles. The Morgan fingerprint density at radius 2 is 1.64 bits per heavy atom. The van der Waals surface area contributed by atoms with Crippen molar-refractivity contribution in [1.82, 2.24) is 0 Å². The lowest BCUT2D eigenvalue weighted by atomic mass is 10.1. The Hall–Kier alpha value is -2.90. The number of ether oxygens (including phenoxy) is 2. The van der Waals surface area contributed by atoms with E-state index in [1.54, 1.807) is 24.3 Å². The van der Waals surface area contributed by atoms with Crippen LogP contribution in [0.5, 0.6) is 5.75 Å². The number of alkyl halides is 4. The molecule has 0 N–H and O–H groups in total. The van der Waals surface area contributed by atoms with E-state index < -0.39 is 30.9 Å². The standard InChI is InChI=1S/C17H12F4O4/c18-16(19)17(20,21)10-24-14(22)8-9-15(23)25-13-7-3-5-11-4-1-2-6-12(11)13/h1-9,16H,10H2/b9-8+. The summed E-state index contributed by atoms with van der Waals surface area (Å²) in [5.41, 5.74) is 0. The zero-order valence-electron chi connectivity index (χ0n) is 12.6. The second-order valence-electron chi connectivity index (χ2n) is 4.90. The number of carbonyl (C=O) groups is 2. The van der Waals surface area contributed by atoms with Gasteiger partial charge in [0.2, 0.25) is 0 Å². The van der Waals surface area contributed by atoms with E-state index in [2.05, 4.69) is 4.74 Å². The van der Waals surface area contributed by atoms with Gasteiger partial charge in [-0.3, -0.25) is 0 Å². The van der Waals surface area contributed by atoms with Gasteiger partial charge in [0, 0.05) is 17.5 Å². The maximum atomic E-state index is 12.6. The average Bonchev–Trinajstić information content (AvgIpc) is 2.58. The number of fused-ring (bicyclic) bond motifs is 1. The number of esters is 2. The first-order valence-electron chi connectivity index (χ1n) is 7.00. The second kappa shape index (κ2) is 7.78. The lowest BCUT2D eigenvalue weighted by Gasteiger charge is -2.13. The summed E-state index contributed by atoms with van der Waals surface area (Å²) in [6.07, 6.45) is -2.78. The maximum Gasteiger partial charge on any atom is 0.340 e. The van der Waals surface area contributed by atoms with Crippen molar-refractivity contribution < 1.29 is 36.6 Å². The molecule has 0 heterocycles. The number of halogens is 4. The molecule has 4 nitrogen and oxygen atoms in total. The summed E-state index contributed by atoms with van der Waals surface area (Å²) >= 11 is 0. The van der Waals surface area contributed by atoms with Crippen molar-refractivity contribution in [1.29, 1.82) is 0 Å². The number of rotatable bonds is 6. The quantitative estimate of drug-likeness (QED) is 0.342. The van der Waals surface area contributed by atoms with E-state index in [0.29, 0.717) is 17.5 Å². The van der Waals surface area contributed by atoms with Crippen LogP contribution in [0, 0.1) is 0 Å². The highest BCUT2D eigenvalue weighted by molar-refractivity contribution is 5.95. The van der Waals surface area contributed by atoms with E-state index in [0.717, 1.165) is 5.39 Å². The van der Waals surface area contributed by atoms with Crippen LogP contribution in [0.3, 0.4) is 0 Å². The second-order valence-corrected chi connectivity index (χ2v) is 4.90. The van der Waals surface area contributed by atoms with Gasteiger partial charge in [0.05, 0.1) is 0 Å². The van der Waals surface area contributed by atoms with E-state index in [-0.39, 0.29) is 5.75 Å². The van der Waals surface area contributed by atoms with Crippen LogP contribution in [0.15, 0.2) is 54.6 Å². The Kier molecular flexibility index (Phi) is 5.74. The molecule has 0 unspecified atom stereocenters. The van der Waals surface area contributed by atoms with Gasteiger partial charge in [0.25, 0.3) is 0 Å². The molecule has 25 heavy (non-hydrogen) atoms. The number of hydrogen-bond acceptors (Lipinski definition) is 4. The smallest absolute Gasteiger partial charge is 0.340 e. The topological polar surface area (TPSA) is 52.6 Å². The van der Waals surface area contributed by atoms with Crippen LogP contribution in [-0.4, -0.2) is 30.9 Å². The highest BCUT2D eigenvalue weighted by atomic mass is 19.3. The fraction of sp³-hybridized carbons (Fsp3) is 0.176. The average molecular weight is 356 g/mol. The van der Waals surface area contributed by atoms with Crippen LogP contribution in [0.2, 0.25) is 0 Å². The summed E-state index contributed by atoms with van der Waals surface area (Å²) in [6, 6.07) is 12.1. The van der Waals surface area contributed by atoms with Gasteiger partial charge in [-0.15, -0.1) is 0 Å². The van der Waals surface area contributed by atoms with Crippen molar-refractivity contribution in [2.45, 2.75) is 12.3 Å². The van der Waals surface area contributed by atoms with Gasteiger partial charge in [0.1, 0.15) is 5.75 Å². The van der Waals surface area contributed by atoms with Crippen molar-refractivity contribution in [3.05, 3.63) is 54.6 Å². The van der Waals surface area contributed by atoms with E-state index >= 15 is 0 Å². The first kappa shape index (κ1) is 18.4. The zero-order valence-corrected chi connectivity index (χ0v) is 12.6. The fourth-order valence-electron chi connectivity index (χ4n) is 1.84. The molecule has 0 aliphatic rings. The Morgan fingerprint density at radius 1 is 1.00 bits per heavy atom. The highest BCUT2D eigenvalue weighted by Gasteiger charge is 2.42.